The number of ether oxygens (including phenoxy) is 1. The third-order valence-corrected chi connectivity index (χ3v) is 6.29. The molecule has 1 heterocycles. The Labute approximate surface area is 168 Å². The summed E-state index contributed by atoms with van der Waals surface area (Å²) in [6.45, 7) is 16.3. The molecule has 28 heavy (non-hydrogen) atoms. The first-order valence-electron chi connectivity index (χ1n) is 10.4. The third kappa shape index (κ3) is 3.92. The minimum atomic E-state index is -0.161. The van der Waals surface area contributed by atoms with Gasteiger partial charge in [-0.15, -0.1) is 0 Å². The van der Waals surface area contributed by atoms with E-state index in [0.29, 0.717) is 23.4 Å². The van der Waals surface area contributed by atoms with E-state index in [0.717, 1.165) is 36.1 Å². The van der Waals surface area contributed by atoms with Gasteiger partial charge in [-0.25, -0.2) is 18.8 Å². The first kappa shape index (κ1) is 20.4. The van der Waals surface area contributed by atoms with Crippen LogP contribution in [0.2, 0.25) is 0 Å². The molecule has 0 spiro atoms. The molecule has 1 aromatic heterocycles. The predicted octanol–water partition coefficient (Wildman–Crippen LogP) is 4.58. The van der Waals surface area contributed by atoms with E-state index >= 15 is 0 Å². The Bertz CT molecular complexity index is 907. The van der Waals surface area contributed by atoms with Crippen molar-refractivity contribution in [1.82, 2.24) is 4.57 Å². The van der Waals surface area contributed by atoms with Crippen LogP contribution in [0.1, 0.15) is 52.8 Å². The Morgan fingerprint density at radius 1 is 1.39 bits per heavy atom. The SMILES string of the molecule is [C-]#[N+]c1ccc2c(c1)n(C)c(CC)[n+]2CC(=O)OC1C[C@H](C)CC[C@H]1C(C)C. The zero-order valence-electron chi connectivity index (χ0n) is 17.7. The average molecular weight is 383 g/mol. The van der Waals surface area contributed by atoms with Crippen LogP contribution in [-0.2, 0) is 29.5 Å². The topological polar surface area (TPSA) is 39.5 Å². The Kier molecular flexibility index (Phi) is 6.07. The highest BCUT2D eigenvalue weighted by Gasteiger charge is 2.34. The second-order valence-electron chi connectivity index (χ2n) is 8.55. The molecule has 3 atom stereocenters. The standard InChI is InChI=1S/C23H32N3O2/c1-7-22-25(6)20-13-17(24-5)9-11-19(20)26(22)14-23(27)28-21-12-16(4)8-10-18(21)15(2)3/h9,11,13,15-16,18,21H,7-8,10,12,14H2,1-4,6H3/q+1/t16-,18+,21?/m1/s1. The van der Waals surface area contributed by atoms with Gasteiger partial charge in [0.1, 0.15) is 6.10 Å². The van der Waals surface area contributed by atoms with Crippen molar-refractivity contribution in [3.05, 3.63) is 35.4 Å². The summed E-state index contributed by atoms with van der Waals surface area (Å²) in [6, 6.07) is 5.64. The number of hydrogen-bond donors (Lipinski definition) is 0. The maximum Gasteiger partial charge on any atom is 0.348 e. The smallest absolute Gasteiger partial charge is 0.348 e. The zero-order chi connectivity index (χ0) is 20.4. The lowest BCUT2D eigenvalue weighted by molar-refractivity contribution is -0.668. The minimum absolute atomic E-state index is 0.0191. The highest BCUT2D eigenvalue weighted by Crippen LogP contribution is 2.35. The summed E-state index contributed by atoms with van der Waals surface area (Å²) in [4.78, 5) is 16.4. The number of benzene rings is 1. The molecule has 0 N–H and O–H groups in total. The van der Waals surface area contributed by atoms with Crippen molar-refractivity contribution in [2.45, 2.75) is 66.0 Å². The first-order chi connectivity index (χ1) is 13.3. The van der Waals surface area contributed by atoms with Crippen LogP contribution in [0.3, 0.4) is 0 Å². The van der Waals surface area contributed by atoms with E-state index in [1.165, 1.54) is 6.42 Å². The van der Waals surface area contributed by atoms with Crippen LogP contribution >= 0.6 is 0 Å². The second-order valence-corrected chi connectivity index (χ2v) is 8.55. The normalized spacial score (nSPS) is 22.4. The quantitative estimate of drug-likeness (QED) is 0.431. The van der Waals surface area contributed by atoms with Gasteiger partial charge in [0.05, 0.1) is 13.6 Å². The van der Waals surface area contributed by atoms with Gasteiger partial charge in [0, 0.05) is 6.42 Å². The fourth-order valence-corrected chi connectivity index (χ4v) is 4.73. The van der Waals surface area contributed by atoms with Crippen LogP contribution < -0.4 is 4.57 Å². The van der Waals surface area contributed by atoms with Crippen LogP contribution in [0.4, 0.5) is 5.69 Å². The minimum Gasteiger partial charge on any atom is -0.459 e. The molecular formula is C23H32N3O2+. The van der Waals surface area contributed by atoms with E-state index in [-0.39, 0.29) is 18.6 Å². The largest absolute Gasteiger partial charge is 0.459 e. The average Bonchev–Trinajstić information content (AvgIpc) is 2.92. The maximum absolute atomic E-state index is 12.9. The van der Waals surface area contributed by atoms with Crippen molar-refractivity contribution < 1.29 is 14.1 Å². The van der Waals surface area contributed by atoms with Crippen LogP contribution in [0, 0.1) is 24.3 Å². The molecule has 1 saturated carbocycles. The van der Waals surface area contributed by atoms with Crippen molar-refractivity contribution in [2.24, 2.45) is 24.8 Å². The lowest BCUT2D eigenvalue weighted by Crippen LogP contribution is -2.44. The van der Waals surface area contributed by atoms with Crippen LogP contribution in [0.5, 0.6) is 0 Å². The number of aryl methyl sites for hydroxylation is 1. The monoisotopic (exact) mass is 382 g/mol. The number of esters is 1. The number of hydrogen-bond acceptors (Lipinski definition) is 2. The summed E-state index contributed by atoms with van der Waals surface area (Å²) >= 11 is 0. The lowest BCUT2D eigenvalue weighted by Gasteiger charge is -2.36. The molecular weight excluding hydrogens is 350 g/mol. The fourth-order valence-electron chi connectivity index (χ4n) is 4.73. The molecule has 150 valence electrons. The van der Waals surface area contributed by atoms with E-state index in [1.54, 1.807) is 0 Å². The van der Waals surface area contributed by atoms with Crippen molar-refractivity contribution in [3.63, 3.8) is 0 Å². The van der Waals surface area contributed by atoms with Gasteiger partial charge in [0.2, 0.25) is 0 Å². The molecule has 1 aliphatic rings. The molecule has 5 heteroatoms. The number of fused-ring (bicyclic) bond motifs is 1. The summed E-state index contributed by atoms with van der Waals surface area (Å²) in [5.41, 5.74) is 2.56. The van der Waals surface area contributed by atoms with E-state index < -0.39 is 0 Å². The second kappa shape index (κ2) is 8.34. The molecule has 0 radical (unpaired) electrons. The molecule has 2 aromatic rings. The van der Waals surface area contributed by atoms with E-state index in [2.05, 4.69) is 37.1 Å². The van der Waals surface area contributed by atoms with Gasteiger partial charge in [0.25, 0.3) is 5.82 Å². The number of imidazole rings is 1. The summed E-state index contributed by atoms with van der Waals surface area (Å²) in [5.74, 6) is 2.48. The highest BCUT2D eigenvalue weighted by molar-refractivity contribution is 5.78. The molecule has 1 aliphatic carbocycles. The lowest BCUT2D eigenvalue weighted by atomic mass is 9.75. The van der Waals surface area contributed by atoms with E-state index in [1.807, 2.05) is 29.8 Å². The van der Waals surface area contributed by atoms with Gasteiger partial charge in [-0.1, -0.05) is 40.2 Å². The van der Waals surface area contributed by atoms with Crippen molar-refractivity contribution in [1.29, 1.82) is 0 Å². The number of carbonyl (C=O) groups is 1. The summed E-state index contributed by atoms with van der Waals surface area (Å²) in [6.07, 6.45) is 4.14. The van der Waals surface area contributed by atoms with Gasteiger partial charge in [-0.05, 0) is 42.7 Å². The van der Waals surface area contributed by atoms with Crippen LogP contribution in [0.15, 0.2) is 18.2 Å². The molecule has 1 fully saturated rings. The van der Waals surface area contributed by atoms with Crippen LogP contribution in [-0.4, -0.2) is 16.6 Å². The van der Waals surface area contributed by atoms with Crippen molar-refractivity contribution in [2.75, 3.05) is 0 Å². The van der Waals surface area contributed by atoms with E-state index in [4.69, 9.17) is 11.3 Å². The summed E-state index contributed by atoms with van der Waals surface area (Å²) < 4.78 is 10.1. The number of nitrogens with zero attached hydrogens (tertiary/aromatic N) is 3. The fraction of sp³-hybridized carbons (Fsp3) is 0.609. The van der Waals surface area contributed by atoms with Crippen molar-refractivity contribution >= 4 is 22.7 Å². The van der Waals surface area contributed by atoms with Gasteiger partial charge in [-0.3, -0.25) is 0 Å². The van der Waals surface area contributed by atoms with E-state index in [9.17, 15) is 4.79 Å². The van der Waals surface area contributed by atoms with Crippen molar-refractivity contribution in [3.8, 4) is 0 Å². The predicted molar refractivity (Wildman–Crippen MR) is 110 cm³/mol. The number of rotatable bonds is 5. The molecule has 1 unspecified atom stereocenters. The first-order valence-corrected chi connectivity index (χ1v) is 10.4. The van der Waals surface area contributed by atoms with Gasteiger partial charge in [-0.2, -0.15) is 0 Å². The van der Waals surface area contributed by atoms with Gasteiger partial charge in [0.15, 0.2) is 23.3 Å². The summed E-state index contributed by atoms with van der Waals surface area (Å²) in [7, 11) is 1.99. The number of carbonyl (C=O) groups excluding carboxylic acids is 1. The molecule has 0 bridgehead atoms. The Morgan fingerprint density at radius 2 is 2.14 bits per heavy atom. The Hall–Kier alpha value is -2.35. The Balaban J connectivity index is 1.85. The van der Waals surface area contributed by atoms with Gasteiger partial charge < -0.3 is 4.74 Å². The third-order valence-electron chi connectivity index (χ3n) is 6.29. The molecule has 1 aromatic carbocycles. The zero-order valence-corrected chi connectivity index (χ0v) is 17.7. The molecule has 0 aliphatic heterocycles. The Morgan fingerprint density at radius 3 is 2.79 bits per heavy atom. The molecule has 5 nitrogen and oxygen atoms in total. The molecule has 3 rings (SSSR count). The maximum atomic E-state index is 12.9. The van der Waals surface area contributed by atoms with Gasteiger partial charge >= 0.3 is 5.97 Å². The summed E-state index contributed by atoms with van der Waals surface area (Å²) in [5, 5.41) is 0. The van der Waals surface area contributed by atoms with Crippen LogP contribution in [0.25, 0.3) is 15.9 Å². The molecule has 0 amide bonds. The molecule has 0 saturated heterocycles. The number of aromatic nitrogens is 2. The highest BCUT2D eigenvalue weighted by atomic mass is 16.5.